The third-order valence-electron chi connectivity index (χ3n) is 3.12. The molecule has 0 heterocycles. The van der Waals surface area contributed by atoms with Gasteiger partial charge in [-0.2, -0.15) is 0 Å². The lowest BCUT2D eigenvalue weighted by molar-refractivity contribution is -0.128. The molecule has 1 aromatic carbocycles. The standard InChI is InChI=1S/C15H24N2O2/c1-5-14(11-19-4)16-15-8-6-7-13(9-15)10-17(3)12(2)18/h6-9,14,16H,5,10-11H2,1-4H3. The largest absolute Gasteiger partial charge is 0.383 e. The number of amides is 1. The van der Waals surface area contributed by atoms with Crippen molar-refractivity contribution < 1.29 is 9.53 Å². The molecule has 0 aliphatic rings. The SMILES string of the molecule is CCC(COC)Nc1cccc(CN(C)C(C)=O)c1. The van der Waals surface area contributed by atoms with Crippen molar-refractivity contribution in [1.29, 1.82) is 0 Å². The first kappa shape index (κ1) is 15.5. The van der Waals surface area contributed by atoms with Crippen LogP contribution >= 0.6 is 0 Å². The van der Waals surface area contributed by atoms with Crippen molar-refractivity contribution in [1.82, 2.24) is 4.90 Å². The van der Waals surface area contributed by atoms with Gasteiger partial charge in [0, 0.05) is 39.4 Å². The molecule has 0 radical (unpaired) electrons. The van der Waals surface area contributed by atoms with Gasteiger partial charge in [-0.15, -0.1) is 0 Å². The molecule has 1 atom stereocenters. The van der Waals surface area contributed by atoms with Crippen molar-refractivity contribution in [3.05, 3.63) is 29.8 Å². The average Bonchev–Trinajstić information content (AvgIpc) is 2.38. The molecule has 1 rings (SSSR count). The van der Waals surface area contributed by atoms with E-state index in [-0.39, 0.29) is 5.91 Å². The van der Waals surface area contributed by atoms with Crippen LogP contribution in [0.4, 0.5) is 5.69 Å². The fourth-order valence-electron chi connectivity index (χ4n) is 1.84. The Hall–Kier alpha value is -1.55. The molecular formula is C15H24N2O2. The lowest BCUT2D eigenvalue weighted by atomic mass is 10.1. The van der Waals surface area contributed by atoms with Crippen LogP contribution in [-0.2, 0) is 16.1 Å². The molecule has 0 aliphatic carbocycles. The number of hydrogen-bond acceptors (Lipinski definition) is 3. The summed E-state index contributed by atoms with van der Waals surface area (Å²) < 4.78 is 5.18. The second-order valence-corrected chi connectivity index (χ2v) is 4.78. The number of carbonyl (C=O) groups excluding carboxylic acids is 1. The van der Waals surface area contributed by atoms with Gasteiger partial charge >= 0.3 is 0 Å². The summed E-state index contributed by atoms with van der Waals surface area (Å²) in [6.45, 7) is 5.03. The number of anilines is 1. The van der Waals surface area contributed by atoms with E-state index in [2.05, 4.69) is 18.3 Å². The molecule has 0 spiro atoms. The average molecular weight is 264 g/mol. The van der Waals surface area contributed by atoms with Crippen molar-refractivity contribution in [2.45, 2.75) is 32.9 Å². The Morgan fingerprint density at radius 1 is 1.47 bits per heavy atom. The maximum Gasteiger partial charge on any atom is 0.219 e. The fraction of sp³-hybridized carbons (Fsp3) is 0.533. The predicted octanol–water partition coefficient (Wildman–Crippen LogP) is 2.50. The highest BCUT2D eigenvalue weighted by Gasteiger charge is 2.07. The monoisotopic (exact) mass is 264 g/mol. The van der Waals surface area contributed by atoms with Crippen molar-refractivity contribution >= 4 is 11.6 Å². The number of hydrogen-bond donors (Lipinski definition) is 1. The zero-order valence-electron chi connectivity index (χ0n) is 12.3. The highest BCUT2D eigenvalue weighted by atomic mass is 16.5. The van der Waals surface area contributed by atoms with Crippen molar-refractivity contribution in [2.24, 2.45) is 0 Å². The zero-order valence-corrected chi connectivity index (χ0v) is 12.3. The lowest BCUT2D eigenvalue weighted by Crippen LogP contribution is -2.24. The van der Waals surface area contributed by atoms with Crippen LogP contribution in [0.25, 0.3) is 0 Å². The number of methoxy groups -OCH3 is 1. The van der Waals surface area contributed by atoms with Crippen molar-refractivity contribution in [3.8, 4) is 0 Å². The van der Waals surface area contributed by atoms with Crippen LogP contribution in [0.3, 0.4) is 0 Å². The summed E-state index contributed by atoms with van der Waals surface area (Å²) in [5.74, 6) is 0.0733. The van der Waals surface area contributed by atoms with Gasteiger partial charge in [0.15, 0.2) is 0 Å². The molecule has 0 bridgehead atoms. The molecule has 106 valence electrons. The van der Waals surface area contributed by atoms with Gasteiger partial charge < -0.3 is 15.0 Å². The topological polar surface area (TPSA) is 41.6 Å². The molecule has 0 fully saturated rings. The summed E-state index contributed by atoms with van der Waals surface area (Å²) in [5.41, 5.74) is 2.19. The Morgan fingerprint density at radius 2 is 2.21 bits per heavy atom. The zero-order chi connectivity index (χ0) is 14.3. The van der Waals surface area contributed by atoms with Crippen LogP contribution in [0.2, 0.25) is 0 Å². The van der Waals surface area contributed by atoms with Crippen LogP contribution in [-0.4, -0.2) is 37.6 Å². The minimum Gasteiger partial charge on any atom is -0.383 e. The molecule has 0 saturated heterocycles. The van der Waals surface area contributed by atoms with Gasteiger partial charge in [-0.05, 0) is 24.1 Å². The first-order valence-corrected chi connectivity index (χ1v) is 6.63. The molecule has 0 saturated carbocycles. The number of nitrogens with one attached hydrogen (secondary N) is 1. The van der Waals surface area contributed by atoms with Crippen LogP contribution in [0.15, 0.2) is 24.3 Å². The van der Waals surface area contributed by atoms with E-state index in [0.717, 1.165) is 17.7 Å². The molecule has 1 unspecified atom stereocenters. The van der Waals surface area contributed by atoms with Crippen molar-refractivity contribution in [2.75, 3.05) is 26.1 Å². The van der Waals surface area contributed by atoms with Gasteiger partial charge in [0.05, 0.1) is 6.61 Å². The van der Waals surface area contributed by atoms with E-state index in [9.17, 15) is 4.79 Å². The first-order valence-electron chi connectivity index (χ1n) is 6.63. The Labute approximate surface area is 115 Å². The third-order valence-corrected chi connectivity index (χ3v) is 3.12. The van der Waals surface area contributed by atoms with Gasteiger partial charge in [-0.1, -0.05) is 19.1 Å². The minimum absolute atomic E-state index is 0.0733. The maximum atomic E-state index is 11.2. The van der Waals surface area contributed by atoms with E-state index in [1.165, 1.54) is 0 Å². The van der Waals surface area contributed by atoms with Crippen LogP contribution in [0, 0.1) is 0 Å². The third kappa shape index (κ3) is 5.30. The highest BCUT2D eigenvalue weighted by Crippen LogP contribution is 2.14. The first-order chi connectivity index (χ1) is 9.06. The summed E-state index contributed by atoms with van der Waals surface area (Å²) in [5, 5.41) is 3.44. The number of ether oxygens (including phenoxy) is 1. The Morgan fingerprint density at radius 3 is 2.79 bits per heavy atom. The fourth-order valence-corrected chi connectivity index (χ4v) is 1.84. The number of rotatable bonds is 7. The molecule has 1 amide bonds. The number of benzene rings is 1. The second-order valence-electron chi connectivity index (χ2n) is 4.78. The summed E-state index contributed by atoms with van der Waals surface area (Å²) >= 11 is 0. The van der Waals surface area contributed by atoms with Crippen LogP contribution < -0.4 is 5.32 Å². The van der Waals surface area contributed by atoms with Crippen molar-refractivity contribution in [3.63, 3.8) is 0 Å². The molecule has 4 heteroatoms. The minimum atomic E-state index is 0.0733. The van der Waals surface area contributed by atoms with Gasteiger partial charge in [0.2, 0.25) is 5.91 Å². The summed E-state index contributed by atoms with van der Waals surface area (Å²) in [6, 6.07) is 8.46. The van der Waals surface area contributed by atoms with Gasteiger partial charge in [0.25, 0.3) is 0 Å². The van der Waals surface area contributed by atoms with E-state index >= 15 is 0 Å². The Bertz CT molecular complexity index is 407. The summed E-state index contributed by atoms with van der Waals surface area (Å²) in [7, 11) is 3.52. The molecular weight excluding hydrogens is 240 g/mol. The molecule has 1 N–H and O–H groups in total. The molecule has 1 aromatic rings. The molecule has 0 aliphatic heterocycles. The molecule has 0 aromatic heterocycles. The van der Waals surface area contributed by atoms with E-state index in [1.807, 2.05) is 25.2 Å². The van der Waals surface area contributed by atoms with Gasteiger partial charge in [-0.25, -0.2) is 0 Å². The van der Waals surface area contributed by atoms with Gasteiger partial charge in [0.1, 0.15) is 0 Å². The quantitative estimate of drug-likeness (QED) is 0.822. The highest BCUT2D eigenvalue weighted by molar-refractivity contribution is 5.72. The van der Waals surface area contributed by atoms with Crippen LogP contribution in [0.1, 0.15) is 25.8 Å². The number of nitrogens with zero attached hydrogens (tertiary/aromatic N) is 1. The van der Waals surface area contributed by atoms with E-state index in [0.29, 0.717) is 19.2 Å². The van der Waals surface area contributed by atoms with E-state index < -0.39 is 0 Å². The summed E-state index contributed by atoms with van der Waals surface area (Å²) in [4.78, 5) is 12.9. The predicted molar refractivity (Wildman–Crippen MR) is 78.2 cm³/mol. The maximum absolute atomic E-state index is 11.2. The van der Waals surface area contributed by atoms with Gasteiger partial charge in [-0.3, -0.25) is 4.79 Å². The van der Waals surface area contributed by atoms with E-state index in [4.69, 9.17) is 4.74 Å². The normalized spacial score (nSPS) is 12.0. The van der Waals surface area contributed by atoms with E-state index in [1.54, 1.807) is 18.9 Å². The number of carbonyl (C=O) groups is 1. The Balaban J connectivity index is 2.68. The lowest BCUT2D eigenvalue weighted by Gasteiger charge is -2.19. The van der Waals surface area contributed by atoms with Crippen LogP contribution in [0.5, 0.6) is 0 Å². The Kier molecular flexibility index (Phi) is 6.36. The molecule has 19 heavy (non-hydrogen) atoms. The molecule has 4 nitrogen and oxygen atoms in total. The summed E-state index contributed by atoms with van der Waals surface area (Å²) in [6.07, 6.45) is 1.01. The second kappa shape index (κ2) is 7.79. The smallest absolute Gasteiger partial charge is 0.219 e.